The second-order valence-electron chi connectivity index (χ2n) is 3.69. The zero-order chi connectivity index (χ0) is 14.1. The molecule has 4 aliphatic rings. The summed E-state index contributed by atoms with van der Waals surface area (Å²) in [7, 11) is 0. The summed E-state index contributed by atoms with van der Waals surface area (Å²) in [6, 6.07) is 0. The van der Waals surface area contributed by atoms with Crippen molar-refractivity contribution in [2.24, 2.45) is 0 Å². The fraction of sp³-hybridized carbons (Fsp3) is 0. The van der Waals surface area contributed by atoms with Crippen LogP contribution in [0.4, 0.5) is 0 Å². The van der Waals surface area contributed by atoms with Gasteiger partial charge in [-0.15, -0.1) is 0 Å². The molecule has 4 saturated carbocycles. The molecule has 23 heavy (non-hydrogen) atoms. The van der Waals surface area contributed by atoms with E-state index in [9.17, 15) is 0 Å². The van der Waals surface area contributed by atoms with E-state index in [1.54, 1.807) is 0 Å². The fourth-order valence-electron chi connectivity index (χ4n) is 1.20. The maximum absolute atomic E-state index is 2.86. The Bertz CT molecular complexity index is 102. The van der Waals surface area contributed by atoms with Crippen LogP contribution < -0.4 is 0 Å². The van der Waals surface area contributed by atoms with Crippen LogP contribution in [-0.4, -0.2) is 0 Å². The summed E-state index contributed by atoms with van der Waals surface area (Å²) in [5.74, 6) is 0. The van der Waals surface area contributed by atoms with Gasteiger partial charge in [0.25, 0.3) is 0 Å². The summed E-state index contributed by atoms with van der Waals surface area (Å²) in [6.45, 7) is 0. The molecule has 0 heterocycles. The van der Waals surface area contributed by atoms with E-state index in [2.05, 4.69) is 12.8 Å². The Labute approximate surface area is 181 Å². The molecule has 4 rings (SSSR count). The molecule has 0 saturated heterocycles. The topological polar surface area (TPSA) is 0 Å². The molecule has 0 amide bonds. The van der Waals surface area contributed by atoms with Gasteiger partial charge >= 0.3 is 53.6 Å². The van der Waals surface area contributed by atoms with E-state index in [0.717, 1.165) is 0 Å². The van der Waals surface area contributed by atoms with Crippen LogP contribution in [0.1, 0.15) is 0 Å². The first-order chi connectivity index (χ1) is 10.0. The zero-order valence-electron chi connectivity index (χ0n) is 12.8. The van der Waals surface area contributed by atoms with Gasteiger partial charge in [0.2, 0.25) is 0 Å². The standard InChI is InChI=1S/2C5H5.2C5H4.2Fe.Zn/c4*1-2-4-5-3-1;;;/h2*1-5H;2*1-4H;;;/q;;2*-1;3*+2. The Hall–Kier alpha value is 1.66. The Morgan fingerprint density at radius 2 is 0.478 bits per heavy atom. The van der Waals surface area contributed by atoms with Gasteiger partial charge in [-0.2, -0.15) is 0 Å². The summed E-state index contributed by atoms with van der Waals surface area (Å²) in [6.07, 6.45) is 41.0. The SMILES string of the molecule is [C-]1[CH][CH][CH][CH]1.[C-]1[CH][CH][CH][CH]1.[CH]1[CH][CH][CH][CH]1.[CH]1[CH][CH][CH][CH]1.[Fe+2].[Fe+2].[Zn+2]. The summed E-state index contributed by atoms with van der Waals surface area (Å²) >= 11 is 0. The van der Waals surface area contributed by atoms with Crippen molar-refractivity contribution in [3.05, 3.63) is 128 Å². The summed E-state index contributed by atoms with van der Waals surface area (Å²) in [5, 5.41) is 0. The second kappa shape index (κ2) is 25.9. The van der Waals surface area contributed by atoms with Crippen molar-refractivity contribution < 1.29 is 53.6 Å². The van der Waals surface area contributed by atoms with E-state index in [0.29, 0.717) is 0 Å². The molecule has 0 aromatic carbocycles. The monoisotopic (exact) mass is 434 g/mol. The van der Waals surface area contributed by atoms with E-state index >= 15 is 0 Å². The Kier molecular flexibility index (Phi) is 33.1. The van der Waals surface area contributed by atoms with Crippen LogP contribution >= 0.6 is 0 Å². The maximum Gasteiger partial charge on any atom is 2.00 e. The molecule has 0 atom stereocenters. The van der Waals surface area contributed by atoms with Crippen molar-refractivity contribution >= 4 is 0 Å². The number of rotatable bonds is 0. The molecule has 112 valence electrons. The predicted octanol–water partition coefficient (Wildman–Crippen LogP) is 3.83. The van der Waals surface area contributed by atoms with Crippen LogP contribution in [0.3, 0.4) is 0 Å². The first kappa shape index (κ1) is 29.4. The van der Waals surface area contributed by atoms with Gasteiger partial charge in [0.1, 0.15) is 0 Å². The minimum absolute atomic E-state index is 0. The Morgan fingerprint density at radius 3 is 0.565 bits per heavy atom. The molecule has 0 N–H and O–H groups in total. The normalized spacial score (nSPS) is 20.9. The molecule has 0 spiro atoms. The first-order valence-corrected chi connectivity index (χ1v) is 6.49. The van der Waals surface area contributed by atoms with Gasteiger partial charge in [0, 0.05) is 0 Å². The summed E-state index contributed by atoms with van der Waals surface area (Å²) in [5.41, 5.74) is 0. The second-order valence-corrected chi connectivity index (χ2v) is 3.69. The zero-order valence-corrected chi connectivity index (χ0v) is 18.0. The van der Waals surface area contributed by atoms with Crippen molar-refractivity contribution in [1.29, 1.82) is 0 Å². The van der Waals surface area contributed by atoms with Gasteiger partial charge in [0.05, 0.1) is 0 Å². The molecule has 0 unspecified atom stereocenters. The van der Waals surface area contributed by atoms with Crippen LogP contribution in [0.25, 0.3) is 0 Å². The molecule has 4 aliphatic carbocycles. The van der Waals surface area contributed by atoms with E-state index < -0.39 is 0 Å². The van der Waals surface area contributed by atoms with Crippen LogP contribution in [0.2, 0.25) is 0 Å². The molecular formula is C20H18Fe2Zn+4. The Morgan fingerprint density at radius 1 is 0.304 bits per heavy atom. The average molecular weight is 435 g/mol. The first-order valence-electron chi connectivity index (χ1n) is 6.49. The summed E-state index contributed by atoms with van der Waals surface area (Å²) in [4.78, 5) is 0. The smallest absolute Gasteiger partial charge is 0.474 e. The van der Waals surface area contributed by atoms with Crippen LogP contribution in [0.15, 0.2) is 0 Å². The van der Waals surface area contributed by atoms with Crippen LogP contribution in [-0.2, 0) is 53.6 Å². The summed E-state index contributed by atoms with van der Waals surface area (Å²) < 4.78 is 0. The van der Waals surface area contributed by atoms with E-state index in [-0.39, 0.29) is 53.6 Å². The quantitative estimate of drug-likeness (QED) is 0.401. The van der Waals surface area contributed by atoms with Gasteiger partial charge in [-0.05, 0) is 64.2 Å². The number of hydrogen-bond donors (Lipinski definition) is 0. The van der Waals surface area contributed by atoms with Gasteiger partial charge < -0.3 is 12.8 Å². The minimum atomic E-state index is 0. The van der Waals surface area contributed by atoms with Gasteiger partial charge in [-0.1, -0.05) is 25.7 Å². The maximum atomic E-state index is 2.86. The van der Waals surface area contributed by atoms with Crippen LogP contribution in [0, 0.1) is 128 Å². The minimum Gasteiger partial charge on any atom is -0.474 e. The molecule has 0 aromatic heterocycles. The van der Waals surface area contributed by atoms with Gasteiger partial charge in [0.15, 0.2) is 0 Å². The molecule has 20 radical (unpaired) electrons. The van der Waals surface area contributed by atoms with Crippen molar-refractivity contribution in [3.8, 4) is 0 Å². The third-order valence-electron chi connectivity index (χ3n) is 2.10. The third-order valence-corrected chi connectivity index (χ3v) is 2.10. The van der Waals surface area contributed by atoms with Crippen molar-refractivity contribution in [1.82, 2.24) is 0 Å². The number of hydrogen-bond acceptors (Lipinski definition) is 0. The third kappa shape index (κ3) is 23.7. The van der Waals surface area contributed by atoms with E-state index in [1.807, 2.05) is 116 Å². The van der Waals surface area contributed by atoms with Crippen molar-refractivity contribution in [3.63, 3.8) is 0 Å². The molecule has 3 heteroatoms. The van der Waals surface area contributed by atoms with Crippen molar-refractivity contribution in [2.75, 3.05) is 0 Å². The molecule has 0 aliphatic heterocycles. The molecular weight excluding hydrogens is 417 g/mol. The van der Waals surface area contributed by atoms with Crippen LogP contribution in [0.5, 0.6) is 0 Å². The Balaban J connectivity index is -0.000000222. The molecule has 4 fully saturated rings. The largest absolute Gasteiger partial charge is 2.00 e. The average Bonchev–Trinajstić information content (AvgIpc) is 3.40. The van der Waals surface area contributed by atoms with Gasteiger partial charge in [-0.3, -0.25) is 0 Å². The fourth-order valence-corrected chi connectivity index (χ4v) is 1.20. The molecule has 0 nitrogen and oxygen atoms in total. The van der Waals surface area contributed by atoms with E-state index in [1.165, 1.54) is 0 Å². The van der Waals surface area contributed by atoms with Gasteiger partial charge in [-0.25, -0.2) is 25.7 Å². The van der Waals surface area contributed by atoms with Crippen molar-refractivity contribution in [2.45, 2.75) is 0 Å². The molecule has 0 bridgehead atoms. The van der Waals surface area contributed by atoms with E-state index in [4.69, 9.17) is 0 Å². The molecule has 0 aromatic rings. The predicted molar refractivity (Wildman–Crippen MR) is 83.9 cm³/mol.